The van der Waals surface area contributed by atoms with Gasteiger partial charge in [-0.1, -0.05) is 6.42 Å². The fourth-order valence-corrected chi connectivity index (χ4v) is 3.51. The minimum Gasteiger partial charge on any atom is -0.347 e. The summed E-state index contributed by atoms with van der Waals surface area (Å²) in [6, 6.07) is 0.0861. The summed E-state index contributed by atoms with van der Waals surface area (Å²) in [4.78, 5) is 6.71. The van der Waals surface area contributed by atoms with Crippen molar-refractivity contribution in [3.63, 3.8) is 0 Å². The Kier molecular flexibility index (Phi) is 3.80. The second kappa shape index (κ2) is 5.16. The van der Waals surface area contributed by atoms with Crippen LogP contribution in [0, 0.1) is 0 Å². The van der Waals surface area contributed by atoms with Crippen molar-refractivity contribution in [2.75, 3.05) is 6.54 Å². The number of aromatic nitrogens is 2. The Hall–Kier alpha value is -0.920. The number of rotatable bonds is 4. The smallest absolute Gasteiger partial charge is 0.280 e. The van der Waals surface area contributed by atoms with Gasteiger partial charge in [0.15, 0.2) is 0 Å². The molecule has 0 bridgehead atoms. The molecule has 1 saturated heterocycles. The molecule has 0 saturated carbocycles. The van der Waals surface area contributed by atoms with Gasteiger partial charge in [-0.05, 0) is 19.8 Å². The highest BCUT2D eigenvalue weighted by Gasteiger charge is 2.28. The predicted molar refractivity (Wildman–Crippen MR) is 64.4 cm³/mol. The van der Waals surface area contributed by atoms with E-state index in [2.05, 4.69) is 14.7 Å². The van der Waals surface area contributed by atoms with Gasteiger partial charge in [-0.25, -0.2) is 4.98 Å². The van der Waals surface area contributed by atoms with Gasteiger partial charge in [0.2, 0.25) is 0 Å². The molecule has 17 heavy (non-hydrogen) atoms. The van der Waals surface area contributed by atoms with Gasteiger partial charge in [0.25, 0.3) is 10.2 Å². The van der Waals surface area contributed by atoms with Gasteiger partial charge in [-0.3, -0.25) is 0 Å². The zero-order chi connectivity index (χ0) is 12.3. The number of H-pyrrole nitrogens is 1. The lowest BCUT2D eigenvalue weighted by Gasteiger charge is -2.32. The van der Waals surface area contributed by atoms with Gasteiger partial charge in [0.1, 0.15) is 0 Å². The molecule has 96 valence electrons. The van der Waals surface area contributed by atoms with E-state index in [1.807, 2.05) is 6.92 Å². The van der Waals surface area contributed by atoms with Gasteiger partial charge in [0.05, 0.1) is 12.9 Å². The molecule has 0 amide bonds. The Morgan fingerprint density at radius 1 is 1.59 bits per heavy atom. The van der Waals surface area contributed by atoms with Crippen LogP contribution in [-0.2, 0) is 16.8 Å². The third kappa shape index (κ3) is 3.05. The molecule has 0 aromatic carbocycles. The number of nitrogens with zero attached hydrogens (tertiary/aromatic N) is 2. The SMILES string of the molecule is CC1CCCCN1S(=O)(=O)NCc1cnc[nH]1. The Morgan fingerprint density at radius 3 is 3.06 bits per heavy atom. The van der Waals surface area contributed by atoms with E-state index in [4.69, 9.17) is 0 Å². The van der Waals surface area contributed by atoms with Crippen LogP contribution in [0.15, 0.2) is 12.5 Å². The first-order valence-electron chi connectivity index (χ1n) is 5.83. The Labute approximate surface area is 102 Å². The molecule has 1 fully saturated rings. The van der Waals surface area contributed by atoms with Crippen LogP contribution in [0.5, 0.6) is 0 Å². The molecule has 2 heterocycles. The first kappa shape index (κ1) is 12.5. The molecule has 1 aliphatic rings. The quantitative estimate of drug-likeness (QED) is 0.831. The molecule has 1 aromatic heterocycles. The van der Waals surface area contributed by atoms with Crippen molar-refractivity contribution in [2.45, 2.75) is 38.8 Å². The van der Waals surface area contributed by atoms with E-state index in [0.29, 0.717) is 6.54 Å². The van der Waals surface area contributed by atoms with Crippen molar-refractivity contribution in [1.82, 2.24) is 19.0 Å². The highest BCUT2D eigenvalue weighted by Crippen LogP contribution is 2.19. The molecule has 1 unspecified atom stereocenters. The fraction of sp³-hybridized carbons (Fsp3) is 0.700. The second-order valence-electron chi connectivity index (χ2n) is 4.36. The van der Waals surface area contributed by atoms with E-state index >= 15 is 0 Å². The summed E-state index contributed by atoms with van der Waals surface area (Å²) >= 11 is 0. The average Bonchev–Trinajstić information content (AvgIpc) is 2.80. The lowest BCUT2D eigenvalue weighted by atomic mass is 10.1. The molecule has 1 aromatic rings. The van der Waals surface area contributed by atoms with E-state index < -0.39 is 10.2 Å². The van der Waals surface area contributed by atoms with Crippen molar-refractivity contribution >= 4 is 10.2 Å². The average molecular weight is 258 g/mol. The molecule has 6 nitrogen and oxygen atoms in total. The molecular weight excluding hydrogens is 240 g/mol. The van der Waals surface area contributed by atoms with Crippen LogP contribution in [-0.4, -0.2) is 35.3 Å². The molecule has 7 heteroatoms. The Bertz CT molecular complexity index is 443. The van der Waals surface area contributed by atoms with Crippen LogP contribution >= 0.6 is 0 Å². The topological polar surface area (TPSA) is 78.1 Å². The van der Waals surface area contributed by atoms with Gasteiger partial charge < -0.3 is 4.98 Å². The van der Waals surface area contributed by atoms with Crippen molar-refractivity contribution in [1.29, 1.82) is 0 Å². The Balaban J connectivity index is 1.98. The van der Waals surface area contributed by atoms with Crippen molar-refractivity contribution < 1.29 is 8.42 Å². The highest BCUT2D eigenvalue weighted by molar-refractivity contribution is 7.87. The third-order valence-corrected chi connectivity index (χ3v) is 4.72. The largest absolute Gasteiger partial charge is 0.347 e. The maximum atomic E-state index is 12.1. The minimum absolute atomic E-state index is 0.0861. The van der Waals surface area contributed by atoms with Crippen LogP contribution in [0.25, 0.3) is 0 Å². The molecular formula is C10H18N4O2S. The van der Waals surface area contributed by atoms with Crippen molar-refractivity contribution in [3.8, 4) is 0 Å². The summed E-state index contributed by atoms with van der Waals surface area (Å²) in [6.07, 6.45) is 6.13. The van der Waals surface area contributed by atoms with Gasteiger partial charge in [-0.15, -0.1) is 0 Å². The molecule has 0 spiro atoms. The number of piperidine rings is 1. The molecule has 1 aliphatic heterocycles. The zero-order valence-electron chi connectivity index (χ0n) is 9.89. The second-order valence-corrected chi connectivity index (χ2v) is 6.07. The number of aromatic amines is 1. The number of hydrogen-bond donors (Lipinski definition) is 2. The van der Waals surface area contributed by atoms with Crippen LogP contribution in [0.3, 0.4) is 0 Å². The summed E-state index contributed by atoms with van der Waals surface area (Å²) in [6.45, 7) is 2.82. The number of hydrogen-bond acceptors (Lipinski definition) is 3. The van der Waals surface area contributed by atoms with Crippen molar-refractivity contribution in [3.05, 3.63) is 18.2 Å². The maximum Gasteiger partial charge on any atom is 0.280 e. The molecule has 1 atom stereocenters. The lowest BCUT2D eigenvalue weighted by Crippen LogP contribution is -2.47. The van der Waals surface area contributed by atoms with Crippen molar-refractivity contribution in [2.24, 2.45) is 0 Å². The predicted octanol–water partition coefficient (Wildman–Crippen LogP) is 0.618. The van der Waals surface area contributed by atoms with Crippen LogP contribution in [0.1, 0.15) is 31.9 Å². The normalized spacial score (nSPS) is 22.8. The standard InChI is InChI=1S/C10H18N4O2S/c1-9-4-2-3-5-14(9)17(15,16)13-7-10-6-11-8-12-10/h6,8-9,13H,2-5,7H2,1H3,(H,11,12). The highest BCUT2D eigenvalue weighted by atomic mass is 32.2. The lowest BCUT2D eigenvalue weighted by molar-refractivity contribution is 0.265. The van der Waals surface area contributed by atoms with Gasteiger partial charge in [0, 0.05) is 24.5 Å². The van der Waals surface area contributed by atoms with Gasteiger partial charge >= 0.3 is 0 Å². The first-order chi connectivity index (χ1) is 8.09. The van der Waals surface area contributed by atoms with E-state index in [1.54, 1.807) is 10.5 Å². The molecule has 0 radical (unpaired) electrons. The number of imidazole rings is 1. The fourth-order valence-electron chi connectivity index (χ4n) is 2.06. The molecule has 2 N–H and O–H groups in total. The molecule has 2 rings (SSSR count). The van der Waals surface area contributed by atoms with E-state index in [-0.39, 0.29) is 12.6 Å². The number of nitrogens with one attached hydrogen (secondary N) is 2. The zero-order valence-corrected chi connectivity index (χ0v) is 10.7. The minimum atomic E-state index is -3.37. The summed E-state index contributed by atoms with van der Waals surface area (Å²) < 4.78 is 28.3. The Morgan fingerprint density at radius 2 is 2.41 bits per heavy atom. The summed E-state index contributed by atoms with van der Waals surface area (Å²) in [5.41, 5.74) is 0.762. The van der Waals surface area contributed by atoms with E-state index in [1.165, 1.54) is 6.33 Å². The maximum absolute atomic E-state index is 12.1. The molecule has 0 aliphatic carbocycles. The van der Waals surface area contributed by atoms with E-state index in [0.717, 1.165) is 25.0 Å². The van der Waals surface area contributed by atoms with E-state index in [9.17, 15) is 8.42 Å². The van der Waals surface area contributed by atoms with Gasteiger partial charge in [-0.2, -0.15) is 17.4 Å². The van der Waals surface area contributed by atoms with Crippen LogP contribution < -0.4 is 4.72 Å². The summed E-state index contributed by atoms with van der Waals surface area (Å²) in [5.74, 6) is 0. The third-order valence-electron chi connectivity index (χ3n) is 3.05. The van der Waals surface area contributed by atoms with Crippen LogP contribution in [0.4, 0.5) is 0 Å². The summed E-state index contributed by atoms with van der Waals surface area (Å²) in [7, 11) is -3.37. The monoisotopic (exact) mass is 258 g/mol. The summed E-state index contributed by atoms with van der Waals surface area (Å²) in [5, 5.41) is 0. The van der Waals surface area contributed by atoms with Crippen LogP contribution in [0.2, 0.25) is 0 Å². The first-order valence-corrected chi connectivity index (χ1v) is 7.27.